The Morgan fingerprint density at radius 2 is 1.40 bits per heavy atom. The zero-order valence-electron chi connectivity index (χ0n) is 28.7. The maximum Gasteiger partial charge on any atom is 0.490 e. The average molecular weight is 757 g/mol. The summed E-state index contributed by atoms with van der Waals surface area (Å²) in [5.74, 6) is -5.39. The normalized spacial score (nSPS) is 18.8. The van der Waals surface area contributed by atoms with Gasteiger partial charge in [-0.05, 0) is 85.3 Å². The van der Waals surface area contributed by atoms with E-state index in [2.05, 4.69) is 21.3 Å². The van der Waals surface area contributed by atoms with Crippen molar-refractivity contribution in [3.05, 3.63) is 47.5 Å². The molecule has 0 saturated carbocycles. The van der Waals surface area contributed by atoms with Gasteiger partial charge in [0.25, 0.3) is 0 Å². The van der Waals surface area contributed by atoms with Gasteiger partial charge in [0.05, 0.1) is 18.2 Å². The van der Waals surface area contributed by atoms with Crippen LogP contribution < -0.4 is 44.2 Å². The fraction of sp³-hybridized carbons (Fsp3) is 0.485. The SMILES string of the molecule is NCCC[C@@H]1NC(=O)[C@@H](N)Cc2cc(ccc2O)-c2ccc(O)c(c2)C[C@@H](C(=O)NCC(O)CNC(=O)[C@@H](N)CCCN)NC1=O.O=C(O)C(F)(F)F. The van der Waals surface area contributed by atoms with Crippen LogP contribution in [0.1, 0.15) is 36.8 Å². The molecule has 1 aliphatic rings. The number of hydrogen-bond acceptors (Lipinski definition) is 12. The molecule has 0 spiro atoms. The number of nitrogens with one attached hydrogen (secondary N) is 4. The second-order valence-corrected chi connectivity index (χ2v) is 12.2. The molecule has 53 heavy (non-hydrogen) atoms. The van der Waals surface area contributed by atoms with E-state index >= 15 is 0 Å². The molecule has 5 atom stereocenters. The summed E-state index contributed by atoms with van der Waals surface area (Å²) < 4.78 is 31.7. The monoisotopic (exact) mass is 756 g/mol. The van der Waals surface area contributed by atoms with Crippen molar-refractivity contribution in [1.29, 1.82) is 0 Å². The highest BCUT2D eigenvalue weighted by molar-refractivity contribution is 5.93. The lowest BCUT2D eigenvalue weighted by Gasteiger charge is -2.25. The molecule has 1 aliphatic heterocycles. The molecule has 16 N–H and O–H groups in total. The molecule has 0 radical (unpaired) electrons. The molecule has 1 heterocycles. The van der Waals surface area contributed by atoms with E-state index in [0.717, 1.165) is 0 Å². The molecule has 2 aromatic carbocycles. The number of halogens is 3. The number of aliphatic hydroxyl groups is 1. The van der Waals surface area contributed by atoms with Crippen molar-refractivity contribution in [2.75, 3.05) is 26.2 Å². The van der Waals surface area contributed by atoms with Crippen LogP contribution in [0.3, 0.4) is 0 Å². The third-order valence-corrected chi connectivity index (χ3v) is 7.98. The van der Waals surface area contributed by atoms with Crippen molar-refractivity contribution in [3.63, 3.8) is 0 Å². The van der Waals surface area contributed by atoms with Crippen LogP contribution >= 0.6 is 0 Å². The molecule has 294 valence electrons. The van der Waals surface area contributed by atoms with E-state index < -0.39 is 66.0 Å². The van der Waals surface area contributed by atoms with Crippen LogP contribution in [0.15, 0.2) is 36.4 Å². The van der Waals surface area contributed by atoms with Crippen molar-refractivity contribution in [2.24, 2.45) is 22.9 Å². The number of aliphatic hydroxyl groups excluding tert-OH is 1. The van der Waals surface area contributed by atoms with Gasteiger partial charge in [0.15, 0.2) is 0 Å². The number of hydrogen-bond donors (Lipinski definition) is 12. The smallest absolute Gasteiger partial charge is 0.490 e. The van der Waals surface area contributed by atoms with Crippen molar-refractivity contribution < 1.29 is 57.6 Å². The standard InChI is InChI=1S/C31H46N8O7.C2HF3O2/c32-9-1-3-22(34)28(43)36-15-21(40)16-37-30(45)25-14-20-12-18(6-8-27(20)42)17-5-7-26(41)19(11-17)13-23(35)29(44)38-24(4-2-10-33)31(46)39-25;3-2(4,5)1(6)7/h5-8,11-12,21-25,40-42H,1-4,9-10,13-16,32-35H2,(H,36,43)(H,37,45)(H,38,44)(H,39,46);(H,6,7)/t21?,22-,23-,24-,25-;/m0./s1. The van der Waals surface area contributed by atoms with Crippen LogP contribution in [-0.2, 0) is 36.8 Å². The number of carboxylic acid groups (broad SMARTS) is 1. The molecule has 0 aliphatic carbocycles. The highest BCUT2D eigenvalue weighted by Gasteiger charge is 2.38. The van der Waals surface area contributed by atoms with E-state index in [9.17, 15) is 47.7 Å². The van der Waals surface area contributed by atoms with E-state index in [1.165, 1.54) is 12.1 Å². The summed E-state index contributed by atoms with van der Waals surface area (Å²) in [4.78, 5) is 61.0. The Balaban J connectivity index is 0.00000126. The zero-order chi connectivity index (χ0) is 39.9. The Kier molecular flexibility index (Phi) is 17.4. The zero-order valence-corrected chi connectivity index (χ0v) is 28.7. The number of amides is 4. The molecule has 17 nitrogen and oxygen atoms in total. The molecule has 0 aromatic heterocycles. The average Bonchev–Trinajstić information content (AvgIpc) is 3.10. The number of rotatable bonds is 12. The number of carbonyl (C=O) groups is 5. The molecule has 4 amide bonds. The minimum absolute atomic E-state index is 0.0187. The Morgan fingerprint density at radius 3 is 1.92 bits per heavy atom. The third kappa shape index (κ3) is 14.5. The highest BCUT2D eigenvalue weighted by Crippen LogP contribution is 2.31. The van der Waals surface area contributed by atoms with Crippen LogP contribution in [0.2, 0.25) is 0 Å². The van der Waals surface area contributed by atoms with Gasteiger partial charge in [0.2, 0.25) is 23.6 Å². The number of aromatic hydroxyl groups is 2. The molecule has 4 bridgehead atoms. The summed E-state index contributed by atoms with van der Waals surface area (Å²) in [7, 11) is 0. The maximum absolute atomic E-state index is 13.5. The molecule has 2 aromatic rings. The van der Waals surface area contributed by atoms with E-state index in [4.69, 9.17) is 32.8 Å². The predicted octanol–water partition coefficient (Wildman–Crippen LogP) is -1.81. The van der Waals surface area contributed by atoms with Gasteiger partial charge in [-0.1, -0.05) is 12.1 Å². The van der Waals surface area contributed by atoms with E-state index in [1.807, 2.05) is 0 Å². The molecule has 20 heteroatoms. The minimum Gasteiger partial charge on any atom is -0.508 e. The summed E-state index contributed by atoms with van der Waals surface area (Å²) in [6.07, 6.45) is -4.94. The Hall–Kier alpha value is -5.02. The van der Waals surface area contributed by atoms with Gasteiger partial charge in [0.1, 0.15) is 23.6 Å². The molecule has 3 rings (SSSR count). The van der Waals surface area contributed by atoms with Crippen molar-refractivity contribution >= 4 is 29.6 Å². The number of alkyl halides is 3. The van der Waals surface area contributed by atoms with Gasteiger partial charge in [0, 0.05) is 25.9 Å². The quantitative estimate of drug-likeness (QED) is 0.114. The summed E-state index contributed by atoms with van der Waals surface area (Å²) in [6, 6.07) is 5.37. The van der Waals surface area contributed by atoms with Gasteiger partial charge in [-0.3, -0.25) is 19.2 Å². The first-order valence-corrected chi connectivity index (χ1v) is 16.6. The summed E-state index contributed by atoms with van der Waals surface area (Å²) in [5, 5.41) is 49.1. The van der Waals surface area contributed by atoms with Gasteiger partial charge in [-0.2, -0.15) is 13.2 Å². The number of phenols is 2. The first-order valence-electron chi connectivity index (χ1n) is 16.6. The Bertz CT molecular complexity index is 1580. The van der Waals surface area contributed by atoms with Gasteiger partial charge >= 0.3 is 12.1 Å². The topological polar surface area (TPSA) is 318 Å². The van der Waals surface area contributed by atoms with Crippen LogP contribution in [-0.4, -0.2) is 113 Å². The number of carbonyl (C=O) groups excluding carboxylic acids is 4. The molecular weight excluding hydrogens is 709 g/mol. The third-order valence-electron chi connectivity index (χ3n) is 7.98. The van der Waals surface area contributed by atoms with Crippen LogP contribution in [0.5, 0.6) is 11.5 Å². The first kappa shape index (κ1) is 44.1. The van der Waals surface area contributed by atoms with Crippen LogP contribution in [0.4, 0.5) is 13.2 Å². The molecule has 1 unspecified atom stereocenters. The van der Waals surface area contributed by atoms with E-state index in [0.29, 0.717) is 48.1 Å². The number of phenolic OH excluding ortho intramolecular Hbond substituents is 2. The molecular formula is C33H47F3N8O9. The number of aliphatic carboxylic acids is 1. The Morgan fingerprint density at radius 1 is 0.868 bits per heavy atom. The lowest BCUT2D eigenvalue weighted by molar-refractivity contribution is -0.192. The largest absolute Gasteiger partial charge is 0.508 e. The lowest BCUT2D eigenvalue weighted by atomic mass is 9.95. The highest BCUT2D eigenvalue weighted by atomic mass is 19.4. The first-order chi connectivity index (χ1) is 24.9. The number of benzene rings is 2. The van der Waals surface area contributed by atoms with Crippen molar-refractivity contribution in [3.8, 4) is 22.6 Å². The second-order valence-electron chi connectivity index (χ2n) is 12.2. The Labute approximate surface area is 302 Å². The van der Waals surface area contributed by atoms with Gasteiger partial charge < -0.3 is 64.6 Å². The van der Waals surface area contributed by atoms with Crippen molar-refractivity contribution in [2.45, 2.75) is 75.0 Å². The number of nitrogens with two attached hydrogens (primary N) is 4. The summed E-state index contributed by atoms with van der Waals surface area (Å²) >= 11 is 0. The number of fused-ring (bicyclic) bond motifs is 5. The molecule has 0 saturated heterocycles. The van der Waals surface area contributed by atoms with Crippen LogP contribution in [0, 0.1) is 0 Å². The fourth-order valence-corrected chi connectivity index (χ4v) is 4.99. The van der Waals surface area contributed by atoms with Gasteiger partial charge in [-0.25, -0.2) is 4.79 Å². The summed E-state index contributed by atoms with van der Waals surface area (Å²) in [5.41, 5.74) is 25.1. The minimum atomic E-state index is -5.08. The van der Waals surface area contributed by atoms with Crippen molar-refractivity contribution in [1.82, 2.24) is 21.3 Å². The molecule has 0 fully saturated rings. The maximum atomic E-state index is 13.5. The van der Waals surface area contributed by atoms with Crippen LogP contribution in [0.25, 0.3) is 11.1 Å². The lowest BCUT2D eigenvalue weighted by Crippen LogP contribution is -2.57. The van der Waals surface area contributed by atoms with E-state index in [1.54, 1.807) is 24.3 Å². The van der Waals surface area contributed by atoms with E-state index in [-0.39, 0.29) is 50.4 Å². The predicted molar refractivity (Wildman–Crippen MR) is 185 cm³/mol. The van der Waals surface area contributed by atoms with Gasteiger partial charge in [-0.15, -0.1) is 0 Å². The fourth-order valence-electron chi connectivity index (χ4n) is 4.99. The summed E-state index contributed by atoms with van der Waals surface area (Å²) in [6.45, 7) is 0.176. The number of carboxylic acids is 1. The second kappa shape index (κ2) is 20.9.